The lowest BCUT2D eigenvalue weighted by molar-refractivity contribution is 0.332. The maximum absolute atomic E-state index is 2.82. The summed E-state index contributed by atoms with van der Waals surface area (Å²) in [4.78, 5) is 8.22. The fourth-order valence-corrected chi connectivity index (χ4v) is 20.6. The van der Waals surface area contributed by atoms with E-state index in [0.29, 0.717) is 0 Å². The van der Waals surface area contributed by atoms with Crippen LogP contribution in [0.4, 0.5) is 51.2 Å². The molecule has 0 atom stereocenters. The zero-order valence-corrected chi connectivity index (χ0v) is 65.2. The van der Waals surface area contributed by atoms with E-state index in [9.17, 15) is 0 Å². The maximum atomic E-state index is 2.82. The Balaban J connectivity index is 1.10. The highest BCUT2D eigenvalue weighted by atomic mass is 32.1. The molecular weight excluding hydrogens is 1210 g/mol. The van der Waals surface area contributed by atoms with Crippen LogP contribution >= 0.6 is 11.3 Å². The lowest BCUT2D eigenvalue weighted by atomic mass is 9.33. The lowest BCUT2D eigenvalue weighted by Crippen LogP contribution is -2.62. The number of fused-ring (bicyclic) bond motifs is 12. The van der Waals surface area contributed by atoms with Gasteiger partial charge in [-0.25, -0.2) is 0 Å². The normalized spacial score (nSPS) is 19.7. The van der Waals surface area contributed by atoms with Crippen molar-refractivity contribution in [1.82, 2.24) is 0 Å². The molecule has 0 fully saturated rings. The van der Waals surface area contributed by atoms with Gasteiger partial charge in [0.1, 0.15) is 0 Å². The standard InChI is InChI=1S/C94H108BN3S/c1-55-43-66-69(90(15,16)40-37-87(66,9)10)50-76(55)97-78-52-73-72(93(21,22)64-27-25-26-28-65(64)94(73,23)24)49-75(78)95-74-48-63-62-47-68-71(92(19,20)42-39-89(68,13)14)53-82(62)99-83(63)54-79(74)98(77-51-70-67(44-56(77)2)88(11,12)38-41-91(70,17)18)81-46-61(45-80(97)84(81)95)96(59-33-29-57(30-34-59)85(3,4)5)60-35-31-58(32-36-60)86(6,7)8/h25-36,43-54H,37-42H2,1-24H3. The van der Waals surface area contributed by atoms with Crippen molar-refractivity contribution in [3.05, 3.63) is 223 Å². The molecule has 10 aromatic rings. The molecule has 6 aliphatic rings. The molecule has 0 bridgehead atoms. The Hall–Kier alpha value is -7.34. The third-order valence-electron chi connectivity index (χ3n) is 26.4. The first kappa shape index (κ1) is 66.2. The van der Waals surface area contributed by atoms with Gasteiger partial charge in [-0.3, -0.25) is 0 Å². The molecule has 3 nitrogen and oxygen atoms in total. The van der Waals surface area contributed by atoms with Crippen LogP contribution < -0.4 is 31.1 Å². The van der Waals surface area contributed by atoms with Crippen LogP contribution in [0.1, 0.15) is 269 Å². The first-order valence-electron chi connectivity index (χ1n) is 37.6. The number of nitrogens with zero attached hydrogens (tertiary/aromatic N) is 3. The predicted molar refractivity (Wildman–Crippen MR) is 431 cm³/mol. The van der Waals surface area contributed by atoms with Gasteiger partial charge in [0.15, 0.2) is 0 Å². The molecule has 99 heavy (non-hydrogen) atoms. The second-order valence-electron chi connectivity index (χ2n) is 38.8. The molecule has 0 unspecified atom stereocenters. The molecule has 0 spiro atoms. The summed E-state index contributed by atoms with van der Waals surface area (Å²) < 4.78 is 2.74. The van der Waals surface area contributed by atoms with Crippen LogP contribution in [0.5, 0.6) is 0 Å². The molecule has 3 heterocycles. The Morgan fingerprint density at radius 1 is 0.333 bits per heavy atom. The van der Waals surface area contributed by atoms with Crippen molar-refractivity contribution in [2.75, 3.05) is 14.7 Å². The second kappa shape index (κ2) is 21.1. The molecule has 0 saturated carbocycles. The molecule has 0 N–H and O–H groups in total. The van der Waals surface area contributed by atoms with Crippen molar-refractivity contribution in [3.8, 4) is 0 Å². The van der Waals surface area contributed by atoms with E-state index < -0.39 is 0 Å². The summed E-state index contributed by atoms with van der Waals surface area (Å²) >= 11 is 2.01. The van der Waals surface area contributed by atoms with Crippen molar-refractivity contribution in [1.29, 1.82) is 0 Å². The maximum Gasteiger partial charge on any atom is 0.252 e. The molecule has 1 aromatic heterocycles. The largest absolute Gasteiger partial charge is 0.311 e. The summed E-state index contributed by atoms with van der Waals surface area (Å²) in [5, 5.41) is 2.77. The van der Waals surface area contributed by atoms with E-state index in [1.807, 2.05) is 11.3 Å². The number of rotatable bonds is 5. The molecule has 508 valence electrons. The fourth-order valence-electron chi connectivity index (χ4n) is 19.5. The van der Waals surface area contributed by atoms with Gasteiger partial charge in [0.25, 0.3) is 6.71 Å². The van der Waals surface area contributed by atoms with Gasteiger partial charge in [0.2, 0.25) is 0 Å². The van der Waals surface area contributed by atoms with Crippen LogP contribution in [-0.2, 0) is 54.1 Å². The van der Waals surface area contributed by atoms with Gasteiger partial charge in [0, 0.05) is 71.1 Å². The number of thiophene rings is 1. The van der Waals surface area contributed by atoms with Crippen molar-refractivity contribution < 1.29 is 0 Å². The fraction of sp³-hybridized carbons (Fsp3) is 0.426. The van der Waals surface area contributed by atoms with Gasteiger partial charge in [-0.1, -0.05) is 225 Å². The smallest absolute Gasteiger partial charge is 0.252 e. The van der Waals surface area contributed by atoms with Gasteiger partial charge in [-0.15, -0.1) is 11.3 Å². The summed E-state index contributed by atoms with van der Waals surface area (Å²) in [6, 6.07) is 60.6. The van der Waals surface area contributed by atoms with Crippen LogP contribution in [-0.4, -0.2) is 6.71 Å². The number of hydrogen-bond acceptors (Lipinski definition) is 4. The molecule has 5 heteroatoms. The quantitative estimate of drug-likeness (QED) is 0.159. The topological polar surface area (TPSA) is 9.72 Å². The van der Waals surface area contributed by atoms with Gasteiger partial charge >= 0.3 is 0 Å². The zero-order chi connectivity index (χ0) is 70.6. The Bertz CT molecular complexity index is 5020. The average molecular weight is 1320 g/mol. The summed E-state index contributed by atoms with van der Waals surface area (Å²) in [6.07, 6.45) is 6.96. The predicted octanol–water partition coefficient (Wildman–Crippen LogP) is 24.8. The summed E-state index contributed by atoms with van der Waals surface area (Å²) in [6.45, 7) is 58.8. The molecule has 16 rings (SSSR count). The monoisotopic (exact) mass is 1320 g/mol. The SMILES string of the molecule is Cc1cc2c(cc1N1c3cc4c(cc3B3c5cc6c(cc5N(c5cc7c(cc5C)C(C)(C)CCC7(C)C)c5cc(N(c7ccc(C(C)(C)C)cc7)c7ccc(C(C)(C)C)cc7)cc1c53)sc1cc3c(cc16)C(C)(C)CCC3(C)C)C(C)(C)c1ccccc1C4(C)C)C(C)(C)CCC2(C)C. The van der Waals surface area contributed by atoms with Crippen molar-refractivity contribution in [2.45, 2.75) is 259 Å². The van der Waals surface area contributed by atoms with E-state index in [2.05, 4.69) is 326 Å². The summed E-state index contributed by atoms with van der Waals surface area (Å²) in [7, 11) is 0. The van der Waals surface area contributed by atoms with Gasteiger partial charge in [-0.2, -0.15) is 0 Å². The van der Waals surface area contributed by atoms with Gasteiger partial charge < -0.3 is 14.7 Å². The van der Waals surface area contributed by atoms with E-state index in [-0.39, 0.29) is 60.9 Å². The Kier molecular flexibility index (Phi) is 14.1. The van der Waals surface area contributed by atoms with E-state index in [0.717, 1.165) is 42.7 Å². The Morgan fingerprint density at radius 3 is 1.10 bits per heavy atom. The molecular formula is C94H108BN3S. The van der Waals surface area contributed by atoms with Crippen LogP contribution in [0.2, 0.25) is 0 Å². The van der Waals surface area contributed by atoms with E-state index >= 15 is 0 Å². The highest BCUT2D eigenvalue weighted by Crippen LogP contribution is 2.59. The third-order valence-corrected chi connectivity index (χ3v) is 27.6. The Morgan fingerprint density at radius 2 is 0.677 bits per heavy atom. The van der Waals surface area contributed by atoms with Crippen molar-refractivity contribution in [2.24, 2.45) is 0 Å². The van der Waals surface area contributed by atoms with E-state index in [1.165, 1.54) is 161 Å². The van der Waals surface area contributed by atoms with E-state index in [4.69, 9.17) is 0 Å². The van der Waals surface area contributed by atoms with Crippen molar-refractivity contribution >= 4 is 106 Å². The van der Waals surface area contributed by atoms with Crippen LogP contribution in [0.15, 0.2) is 146 Å². The number of hydrogen-bond donors (Lipinski definition) is 0. The molecule has 9 aromatic carbocycles. The molecule has 0 amide bonds. The summed E-state index contributed by atoms with van der Waals surface area (Å²) in [5.41, 5.74) is 34.6. The van der Waals surface area contributed by atoms with Crippen LogP contribution in [0, 0.1) is 13.8 Å². The zero-order valence-electron chi connectivity index (χ0n) is 64.4. The third kappa shape index (κ3) is 9.87. The number of aryl methyl sites for hydroxylation is 2. The number of benzene rings is 9. The molecule has 2 aliphatic heterocycles. The molecule has 0 radical (unpaired) electrons. The minimum absolute atomic E-state index is 0.0189. The molecule has 4 aliphatic carbocycles. The Labute approximate surface area is 598 Å². The number of anilines is 9. The van der Waals surface area contributed by atoms with Crippen LogP contribution in [0.25, 0.3) is 20.2 Å². The summed E-state index contributed by atoms with van der Waals surface area (Å²) in [5.74, 6) is 0. The van der Waals surface area contributed by atoms with Crippen LogP contribution in [0.3, 0.4) is 0 Å². The average Bonchev–Trinajstić information content (AvgIpc) is 1.17. The van der Waals surface area contributed by atoms with Crippen molar-refractivity contribution in [3.63, 3.8) is 0 Å². The van der Waals surface area contributed by atoms with Gasteiger partial charge in [0.05, 0.1) is 5.69 Å². The highest BCUT2D eigenvalue weighted by molar-refractivity contribution is 7.26. The minimum Gasteiger partial charge on any atom is -0.311 e. The molecule has 0 saturated heterocycles. The highest BCUT2D eigenvalue weighted by Gasteiger charge is 2.51. The first-order valence-corrected chi connectivity index (χ1v) is 38.4. The van der Waals surface area contributed by atoms with E-state index in [1.54, 1.807) is 0 Å². The second-order valence-corrected chi connectivity index (χ2v) is 39.8. The van der Waals surface area contributed by atoms with Gasteiger partial charge in [-0.05, 0) is 268 Å². The lowest BCUT2D eigenvalue weighted by Gasteiger charge is -2.49. The minimum atomic E-state index is -0.293. The first-order chi connectivity index (χ1) is 46.1.